The molecule has 0 spiro atoms. The Morgan fingerprint density at radius 1 is 1.35 bits per heavy atom. The molecule has 1 atom stereocenters. The molecule has 17 heavy (non-hydrogen) atoms. The Kier molecular flexibility index (Phi) is 2.52. The molecule has 0 saturated heterocycles. The Bertz CT molecular complexity index is 580. The number of hydrogen-bond donors (Lipinski definition) is 1. The molecule has 2 heteroatoms. The van der Waals surface area contributed by atoms with Crippen LogP contribution in [0, 0.1) is 6.92 Å². The van der Waals surface area contributed by atoms with Crippen molar-refractivity contribution in [1.82, 2.24) is 0 Å². The predicted molar refractivity (Wildman–Crippen MR) is 70.8 cm³/mol. The van der Waals surface area contributed by atoms with Crippen LogP contribution >= 0.6 is 0 Å². The molecule has 2 aromatic rings. The molecule has 0 saturated carbocycles. The molecule has 0 aliphatic heterocycles. The van der Waals surface area contributed by atoms with E-state index in [1.165, 1.54) is 16.5 Å². The summed E-state index contributed by atoms with van der Waals surface area (Å²) in [5.74, 6) is 0.990. The first-order valence-corrected chi connectivity index (χ1v) is 6.20. The maximum absolute atomic E-state index is 5.97. The smallest absolute Gasteiger partial charge is 0.137 e. The number of allylic oxidation sites excluding steroid dienone is 1. The van der Waals surface area contributed by atoms with Gasteiger partial charge in [0.1, 0.15) is 11.3 Å². The molecule has 0 fully saturated rings. The lowest BCUT2D eigenvalue weighted by atomic mass is 9.95. The molecule has 1 aliphatic carbocycles. The molecular weight excluding hydrogens is 210 g/mol. The lowest BCUT2D eigenvalue weighted by molar-refractivity contribution is 0.579. The van der Waals surface area contributed by atoms with Crippen LogP contribution in [0.4, 0.5) is 0 Å². The summed E-state index contributed by atoms with van der Waals surface area (Å²) in [4.78, 5) is 0. The van der Waals surface area contributed by atoms with E-state index in [2.05, 4.69) is 37.3 Å². The third-order valence-electron chi connectivity index (χ3n) is 3.46. The van der Waals surface area contributed by atoms with Crippen molar-refractivity contribution in [2.45, 2.75) is 32.2 Å². The van der Waals surface area contributed by atoms with Gasteiger partial charge in [-0.1, -0.05) is 24.3 Å². The van der Waals surface area contributed by atoms with Gasteiger partial charge in [0.05, 0.1) is 0 Å². The van der Waals surface area contributed by atoms with Gasteiger partial charge in [0, 0.05) is 11.4 Å². The van der Waals surface area contributed by atoms with E-state index in [1.807, 2.05) is 0 Å². The van der Waals surface area contributed by atoms with Gasteiger partial charge < -0.3 is 10.2 Å². The average Bonchev–Trinajstić information content (AvgIpc) is 2.74. The van der Waals surface area contributed by atoms with Gasteiger partial charge in [-0.25, -0.2) is 0 Å². The lowest BCUT2D eigenvalue weighted by Gasteiger charge is -2.15. The van der Waals surface area contributed by atoms with E-state index in [1.54, 1.807) is 0 Å². The standard InChI is InChI=1S/C15H17NO/c1-10-4-2-6-12-9-14(17-15(10)12)11-5-3-7-13(16)8-11/h2,4,6,8-9,13H,3,5,7,16H2,1H3. The van der Waals surface area contributed by atoms with Crippen LogP contribution < -0.4 is 5.73 Å². The van der Waals surface area contributed by atoms with Gasteiger partial charge in [-0.05, 0) is 43.4 Å². The summed E-state index contributed by atoms with van der Waals surface area (Å²) in [5, 5.41) is 1.18. The lowest BCUT2D eigenvalue weighted by Crippen LogP contribution is -2.19. The van der Waals surface area contributed by atoms with E-state index >= 15 is 0 Å². The number of hydrogen-bond acceptors (Lipinski definition) is 2. The number of aryl methyl sites for hydroxylation is 1. The maximum atomic E-state index is 5.97. The second kappa shape index (κ2) is 4.04. The summed E-state index contributed by atoms with van der Waals surface area (Å²) < 4.78 is 5.96. The molecule has 1 unspecified atom stereocenters. The Morgan fingerprint density at radius 3 is 3.00 bits per heavy atom. The number of rotatable bonds is 1. The molecule has 0 amide bonds. The molecule has 3 rings (SSSR count). The molecule has 2 N–H and O–H groups in total. The van der Waals surface area contributed by atoms with Gasteiger partial charge in [-0.3, -0.25) is 0 Å². The van der Waals surface area contributed by atoms with Crippen molar-refractivity contribution >= 4 is 16.5 Å². The fourth-order valence-electron chi connectivity index (χ4n) is 2.53. The van der Waals surface area contributed by atoms with Crippen molar-refractivity contribution in [2.24, 2.45) is 5.73 Å². The van der Waals surface area contributed by atoms with Crippen LogP contribution in [0.2, 0.25) is 0 Å². The van der Waals surface area contributed by atoms with Crippen LogP contribution in [-0.4, -0.2) is 6.04 Å². The predicted octanol–water partition coefficient (Wildman–Crippen LogP) is 3.64. The van der Waals surface area contributed by atoms with Crippen LogP contribution in [0.3, 0.4) is 0 Å². The second-order valence-electron chi connectivity index (χ2n) is 4.85. The molecule has 2 nitrogen and oxygen atoms in total. The first-order chi connectivity index (χ1) is 8.24. The summed E-state index contributed by atoms with van der Waals surface area (Å²) >= 11 is 0. The van der Waals surface area contributed by atoms with Crippen LogP contribution in [0.15, 0.2) is 34.8 Å². The molecule has 88 valence electrons. The van der Waals surface area contributed by atoms with Crippen molar-refractivity contribution < 1.29 is 4.42 Å². The average molecular weight is 227 g/mol. The van der Waals surface area contributed by atoms with E-state index in [0.29, 0.717) is 0 Å². The van der Waals surface area contributed by atoms with E-state index in [-0.39, 0.29) is 6.04 Å². The van der Waals surface area contributed by atoms with Crippen molar-refractivity contribution in [3.8, 4) is 0 Å². The van der Waals surface area contributed by atoms with Gasteiger partial charge in [0.15, 0.2) is 0 Å². The second-order valence-corrected chi connectivity index (χ2v) is 4.85. The first-order valence-electron chi connectivity index (χ1n) is 6.20. The minimum atomic E-state index is 0.188. The zero-order valence-corrected chi connectivity index (χ0v) is 10.1. The fraction of sp³-hybridized carbons (Fsp3) is 0.333. The highest BCUT2D eigenvalue weighted by atomic mass is 16.3. The Hall–Kier alpha value is -1.54. The van der Waals surface area contributed by atoms with E-state index < -0.39 is 0 Å². The summed E-state index contributed by atoms with van der Waals surface area (Å²) in [6.07, 6.45) is 5.47. The monoisotopic (exact) mass is 227 g/mol. The van der Waals surface area contributed by atoms with Crippen molar-refractivity contribution in [1.29, 1.82) is 0 Å². The highest BCUT2D eigenvalue weighted by Crippen LogP contribution is 2.31. The van der Waals surface area contributed by atoms with E-state index in [9.17, 15) is 0 Å². The molecule has 1 aliphatic rings. The van der Waals surface area contributed by atoms with Gasteiger partial charge in [-0.2, -0.15) is 0 Å². The van der Waals surface area contributed by atoms with Crippen molar-refractivity contribution in [3.63, 3.8) is 0 Å². The quantitative estimate of drug-likeness (QED) is 0.807. The van der Waals surface area contributed by atoms with Crippen LogP contribution in [-0.2, 0) is 0 Å². The van der Waals surface area contributed by atoms with Gasteiger partial charge in [0.2, 0.25) is 0 Å². The number of para-hydroxylation sites is 1. The minimum Gasteiger partial charge on any atom is -0.456 e. The highest BCUT2D eigenvalue weighted by Gasteiger charge is 2.15. The maximum Gasteiger partial charge on any atom is 0.137 e. The number of nitrogens with two attached hydrogens (primary N) is 1. The molecule has 1 aromatic carbocycles. The van der Waals surface area contributed by atoms with Gasteiger partial charge in [0.25, 0.3) is 0 Å². The largest absolute Gasteiger partial charge is 0.456 e. The van der Waals surface area contributed by atoms with Crippen LogP contribution in [0.1, 0.15) is 30.6 Å². The third kappa shape index (κ3) is 1.89. The summed E-state index contributed by atoms with van der Waals surface area (Å²) in [6, 6.07) is 8.56. The number of furan rings is 1. The highest BCUT2D eigenvalue weighted by molar-refractivity contribution is 5.84. The molecule has 0 radical (unpaired) electrons. The number of fused-ring (bicyclic) bond motifs is 1. The Balaban J connectivity index is 2.09. The Labute approximate surface area is 101 Å². The Morgan fingerprint density at radius 2 is 2.24 bits per heavy atom. The van der Waals surface area contributed by atoms with Crippen LogP contribution in [0.25, 0.3) is 16.5 Å². The number of benzene rings is 1. The zero-order chi connectivity index (χ0) is 11.8. The molecule has 1 heterocycles. The first kappa shape index (κ1) is 10.6. The van der Waals surface area contributed by atoms with Crippen LogP contribution in [0.5, 0.6) is 0 Å². The molecule has 1 aromatic heterocycles. The topological polar surface area (TPSA) is 39.2 Å². The fourth-order valence-corrected chi connectivity index (χ4v) is 2.53. The summed E-state index contributed by atoms with van der Waals surface area (Å²) in [5.41, 5.74) is 9.42. The van der Waals surface area contributed by atoms with Crippen molar-refractivity contribution in [3.05, 3.63) is 41.7 Å². The van der Waals surface area contributed by atoms with E-state index in [0.717, 1.165) is 30.6 Å². The molecule has 0 bridgehead atoms. The summed E-state index contributed by atoms with van der Waals surface area (Å²) in [7, 11) is 0. The van der Waals surface area contributed by atoms with Gasteiger partial charge in [-0.15, -0.1) is 0 Å². The zero-order valence-electron chi connectivity index (χ0n) is 10.1. The SMILES string of the molecule is Cc1cccc2cc(C3=CC(N)CCC3)oc12. The third-order valence-corrected chi connectivity index (χ3v) is 3.46. The van der Waals surface area contributed by atoms with E-state index in [4.69, 9.17) is 10.2 Å². The summed E-state index contributed by atoms with van der Waals surface area (Å²) in [6.45, 7) is 2.08. The minimum absolute atomic E-state index is 0.188. The van der Waals surface area contributed by atoms with Crippen molar-refractivity contribution in [2.75, 3.05) is 0 Å². The normalized spacial score (nSPS) is 20.6. The van der Waals surface area contributed by atoms with Gasteiger partial charge >= 0.3 is 0 Å². The molecular formula is C15H17NO.